The Morgan fingerprint density at radius 2 is 1.61 bits per heavy atom. The van der Waals surface area contributed by atoms with Crippen LogP contribution in [0.1, 0.15) is 6.42 Å². The van der Waals surface area contributed by atoms with Gasteiger partial charge >= 0.3 is 11.9 Å². The average Bonchev–Trinajstić information content (AvgIpc) is 2.84. The van der Waals surface area contributed by atoms with E-state index in [0.717, 1.165) is 12.1 Å². The zero-order valence-corrected chi connectivity index (χ0v) is 19.3. The van der Waals surface area contributed by atoms with E-state index in [9.17, 15) is 45.0 Å². The molecule has 0 spiro atoms. The van der Waals surface area contributed by atoms with Crippen LogP contribution >= 0.6 is 0 Å². The summed E-state index contributed by atoms with van der Waals surface area (Å²) in [5.74, 6) is -4.68. The number of hydrogen-bond donors (Lipinski definition) is 7. The number of carboxylic acids is 1. The molecule has 4 rings (SSSR count). The number of aliphatic hydroxyl groups is 3. The molecule has 0 aliphatic carbocycles. The van der Waals surface area contributed by atoms with Crippen molar-refractivity contribution in [2.45, 2.75) is 37.1 Å². The lowest BCUT2D eigenvalue weighted by molar-refractivity contribution is -0.278. The first kappa shape index (κ1) is 26.7. The molecule has 0 radical (unpaired) electrons. The number of rotatable bonds is 7. The quantitative estimate of drug-likeness (QED) is 0.153. The lowest BCUT2D eigenvalue weighted by Gasteiger charge is -2.39. The number of ether oxygens (including phenoxy) is 3. The predicted octanol–water partition coefficient (Wildman–Crippen LogP) is -0.219. The minimum atomic E-state index is -1.94. The summed E-state index contributed by atoms with van der Waals surface area (Å²) in [6, 6.07) is 7.22. The predicted molar refractivity (Wildman–Crippen MR) is 123 cm³/mol. The summed E-state index contributed by atoms with van der Waals surface area (Å²) < 4.78 is 21.5. The van der Waals surface area contributed by atoms with E-state index >= 15 is 0 Å². The van der Waals surface area contributed by atoms with Crippen molar-refractivity contribution < 1.29 is 64.0 Å². The van der Waals surface area contributed by atoms with Crippen molar-refractivity contribution in [3.8, 4) is 34.3 Å². The van der Waals surface area contributed by atoms with Crippen LogP contribution in [0, 0.1) is 0 Å². The number of benzene rings is 2. The third kappa shape index (κ3) is 5.33. The molecule has 7 N–H and O–H groups in total. The molecular weight excluding hydrogens is 512 g/mol. The topological polar surface area (TPSA) is 234 Å². The highest BCUT2D eigenvalue weighted by molar-refractivity contribution is 5.90. The number of fused-ring (bicyclic) bond motifs is 1. The van der Waals surface area contributed by atoms with E-state index in [1.807, 2.05) is 0 Å². The molecule has 0 bridgehead atoms. The first-order chi connectivity index (χ1) is 18.0. The van der Waals surface area contributed by atoms with Gasteiger partial charge in [-0.3, -0.25) is 14.4 Å². The molecule has 14 heteroatoms. The van der Waals surface area contributed by atoms with Gasteiger partial charge in [0.25, 0.3) is 0 Å². The first-order valence-corrected chi connectivity index (χ1v) is 11.0. The molecule has 14 nitrogen and oxygen atoms in total. The Labute approximate surface area is 212 Å². The van der Waals surface area contributed by atoms with Gasteiger partial charge in [-0.05, 0) is 24.3 Å². The van der Waals surface area contributed by atoms with Crippen LogP contribution in [-0.4, -0.2) is 85.0 Å². The molecule has 1 aliphatic heterocycles. The van der Waals surface area contributed by atoms with Gasteiger partial charge < -0.3 is 54.4 Å². The number of phenols is 3. The van der Waals surface area contributed by atoms with Crippen LogP contribution in [-0.2, 0) is 19.1 Å². The van der Waals surface area contributed by atoms with Crippen LogP contribution in [0.25, 0.3) is 22.3 Å². The van der Waals surface area contributed by atoms with Crippen LogP contribution < -0.4 is 10.2 Å². The van der Waals surface area contributed by atoms with Crippen LogP contribution in [0.15, 0.2) is 45.6 Å². The third-order valence-corrected chi connectivity index (χ3v) is 5.65. The highest BCUT2D eigenvalue weighted by Gasteiger charge is 2.46. The van der Waals surface area contributed by atoms with Gasteiger partial charge in [-0.1, -0.05) is 0 Å². The van der Waals surface area contributed by atoms with Crippen molar-refractivity contribution in [3.05, 3.63) is 46.6 Å². The highest BCUT2D eigenvalue weighted by atomic mass is 16.7. The molecule has 1 aromatic heterocycles. The van der Waals surface area contributed by atoms with Crippen molar-refractivity contribution in [1.82, 2.24) is 0 Å². The minimum Gasteiger partial charge on any atom is -0.508 e. The molecule has 202 valence electrons. The number of aromatic hydroxyl groups is 3. The van der Waals surface area contributed by atoms with Gasteiger partial charge in [0.2, 0.25) is 17.5 Å². The van der Waals surface area contributed by atoms with E-state index in [-0.39, 0.29) is 22.7 Å². The van der Waals surface area contributed by atoms with Gasteiger partial charge in [0.1, 0.15) is 65.7 Å². The number of aliphatic hydroxyl groups excluding tert-OH is 3. The van der Waals surface area contributed by atoms with Crippen LogP contribution in [0.3, 0.4) is 0 Å². The number of hydrogen-bond acceptors (Lipinski definition) is 13. The van der Waals surface area contributed by atoms with Crippen LogP contribution in [0.2, 0.25) is 0 Å². The molecule has 5 atom stereocenters. The maximum absolute atomic E-state index is 13.4. The Kier molecular flexibility index (Phi) is 7.41. The summed E-state index contributed by atoms with van der Waals surface area (Å²) in [5.41, 5.74) is -1.01. The standard InChI is InChI=1S/C24H22O14/c25-10-3-1-9(2-4-10)22-23(19(32)17-12(27)5-11(26)6-13(17)36-22)38-24-21(34)20(33)18(31)14(37-24)8-35-16(30)7-15(28)29/h1-6,14,18,20-21,24-27,31,33-34H,7-8H2,(H,28,29)/t14-,18-,20-,21+,24+/m1/s1. The lowest BCUT2D eigenvalue weighted by Crippen LogP contribution is -2.60. The van der Waals surface area contributed by atoms with Gasteiger partial charge in [0, 0.05) is 17.7 Å². The van der Waals surface area contributed by atoms with Gasteiger partial charge in [0.05, 0.1) is 0 Å². The van der Waals surface area contributed by atoms with Crippen LogP contribution in [0.4, 0.5) is 0 Å². The van der Waals surface area contributed by atoms with Crippen molar-refractivity contribution >= 4 is 22.9 Å². The second-order valence-corrected chi connectivity index (χ2v) is 8.36. The fourth-order valence-corrected chi connectivity index (χ4v) is 3.80. The smallest absolute Gasteiger partial charge is 0.317 e. The Morgan fingerprint density at radius 1 is 0.921 bits per heavy atom. The van der Waals surface area contributed by atoms with Gasteiger partial charge in [-0.15, -0.1) is 0 Å². The van der Waals surface area contributed by atoms with Gasteiger partial charge in [0.15, 0.2) is 5.76 Å². The van der Waals surface area contributed by atoms with E-state index in [1.165, 1.54) is 24.3 Å². The Bertz CT molecular complexity index is 1410. The summed E-state index contributed by atoms with van der Waals surface area (Å²) in [4.78, 5) is 35.6. The zero-order valence-electron chi connectivity index (χ0n) is 19.3. The maximum atomic E-state index is 13.4. The third-order valence-electron chi connectivity index (χ3n) is 5.65. The second kappa shape index (κ2) is 10.5. The fraction of sp³-hybridized carbons (Fsp3) is 0.292. The average molecular weight is 534 g/mol. The number of carbonyl (C=O) groups is 2. The van der Waals surface area contributed by atoms with Gasteiger partial charge in [-0.2, -0.15) is 0 Å². The van der Waals surface area contributed by atoms with E-state index in [2.05, 4.69) is 0 Å². The molecule has 1 saturated heterocycles. The van der Waals surface area contributed by atoms with Crippen molar-refractivity contribution in [2.24, 2.45) is 0 Å². The van der Waals surface area contributed by atoms with E-state index < -0.39 is 83.7 Å². The molecule has 3 aromatic rings. The number of phenolic OH excluding ortho intramolecular Hbond substituents is 3. The molecule has 0 unspecified atom stereocenters. The summed E-state index contributed by atoms with van der Waals surface area (Å²) >= 11 is 0. The Balaban J connectivity index is 1.73. The SMILES string of the molecule is O=C(O)CC(=O)OC[C@H]1O[C@@H](Oc2c(-c3ccc(O)cc3)oc3cc(O)cc(O)c3c2=O)[C@@H](O)[C@H](O)[C@@H]1O. The number of carbonyl (C=O) groups excluding carboxylic acids is 1. The lowest BCUT2D eigenvalue weighted by atomic mass is 9.99. The molecule has 2 aromatic carbocycles. The minimum absolute atomic E-state index is 0.113. The molecule has 0 amide bonds. The second-order valence-electron chi connectivity index (χ2n) is 8.36. The Hall–Kier alpha value is -4.37. The largest absolute Gasteiger partial charge is 0.508 e. The molecule has 1 aliphatic rings. The number of aliphatic carboxylic acids is 1. The first-order valence-electron chi connectivity index (χ1n) is 11.0. The van der Waals surface area contributed by atoms with Crippen molar-refractivity contribution in [3.63, 3.8) is 0 Å². The zero-order chi connectivity index (χ0) is 27.7. The highest BCUT2D eigenvalue weighted by Crippen LogP contribution is 2.37. The number of esters is 1. The Morgan fingerprint density at radius 3 is 2.26 bits per heavy atom. The van der Waals surface area contributed by atoms with E-state index in [0.29, 0.717) is 0 Å². The van der Waals surface area contributed by atoms with E-state index in [4.69, 9.17) is 23.7 Å². The van der Waals surface area contributed by atoms with Gasteiger partial charge in [-0.25, -0.2) is 0 Å². The number of carboxylic acid groups (broad SMARTS) is 1. The molecular formula is C24H22O14. The summed E-state index contributed by atoms with van der Waals surface area (Å²) in [6.07, 6.45) is -9.97. The normalized spacial score (nSPS) is 23.2. The van der Waals surface area contributed by atoms with Crippen LogP contribution in [0.5, 0.6) is 23.0 Å². The summed E-state index contributed by atoms with van der Waals surface area (Å²) in [5, 5.41) is 69.0. The van der Waals surface area contributed by atoms with Crippen molar-refractivity contribution in [2.75, 3.05) is 6.61 Å². The van der Waals surface area contributed by atoms with E-state index in [1.54, 1.807) is 0 Å². The maximum Gasteiger partial charge on any atom is 0.317 e. The molecule has 38 heavy (non-hydrogen) atoms. The monoisotopic (exact) mass is 534 g/mol. The molecule has 0 saturated carbocycles. The molecule has 1 fully saturated rings. The summed E-state index contributed by atoms with van der Waals surface area (Å²) in [6.45, 7) is -0.728. The summed E-state index contributed by atoms with van der Waals surface area (Å²) in [7, 11) is 0. The van der Waals surface area contributed by atoms with Crippen molar-refractivity contribution in [1.29, 1.82) is 0 Å². The fourth-order valence-electron chi connectivity index (χ4n) is 3.80. The molecule has 2 heterocycles.